The van der Waals surface area contributed by atoms with Gasteiger partial charge in [0, 0.05) is 12.6 Å². The Morgan fingerprint density at radius 3 is 2.25 bits per heavy atom. The van der Waals surface area contributed by atoms with Crippen molar-refractivity contribution in [2.24, 2.45) is 5.73 Å². The van der Waals surface area contributed by atoms with Gasteiger partial charge in [-0.3, -0.25) is 9.59 Å². The highest BCUT2D eigenvalue weighted by Crippen LogP contribution is 2.29. The first kappa shape index (κ1) is 21.0. The molecule has 0 aliphatic heterocycles. The summed E-state index contributed by atoms with van der Waals surface area (Å²) in [5.74, 6) is -0.408. The van der Waals surface area contributed by atoms with E-state index in [0.29, 0.717) is 24.3 Å². The van der Waals surface area contributed by atoms with Crippen LogP contribution in [0.1, 0.15) is 16.7 Å². The topological polar surface area (TPSA) is 81.4 Å². The lowest BCUT2D eigenvalue weighted by Gasteiger charge is -2.08. The van der Waals surface area contributed by atoms with Crippen LogP contribution in [0, 0.1) is 0 Å². The van der Waals surface area contributed by atoms with E-state index in [4.69, 9.17) is 10.5 Å². The van der Waals surface area contributed by atoms with Crippen molar-refractivity contribution in [1.29, 1.82) is 0 Å². The lowest BCUT2D eigenvalue weighted by Crippen LogP contribution is -2.23. The molecule has 8 heteroatoms. The van der Waals surface area contributed by atoms with Crippen LogP contribution in [0.2, 0.25) is 0 Å². The van der Waals surface area contributed by atoms with Crippen LogP contribution in [0.15, 0.2) is 54.6 Å². The molecule has 2 aromatic carbocycles. The molecule has 0 saturated carbocycles. The number of amides is 2. The van der Waals surface area contributed by atoms with Crippen LogP contribution >= 0.6 is 0 Å². The molecule has 148 valence electrons. The molecule has 0 saturated heterocycles. The summed E-state index contributed by atoms with van der Waals surface area (Å²) in [6.07, 6.45) is -0.981. The van der Waals surface area contributed by atoms with Crippen LogP contribution in [-0.4, -0.2) is 25.0 Å². The second-order valence-electron chi connectivity index (χ2n) is 5.89. The van der Waals surface area contributed by atoms with E-state index in [1.807, 2.05) is 0 Å². The molecule has 0 unspecified atom stereocenters. The van der Waals surface area contributed by atoms with Gasteiger partial charge >= 0.3 is 6.18 Å². The van der Waals surface area contributed by atoms with Crippen LogP contribution in [0.5, 0.6) is 5.75 Å². The average molecular weight is 392 g/mol. The Bertz CT molecular complexity index is 829. The molecule has 0 radical (unpaired) electrons. The first-order valence-corrected chi connectivity index (χ1v) is 8.37. The van der Waals surface area contributed by atoms with E-state index < -0.39 is 17.6 Å². The third-order valence-corrected chi connectivity index (χ3v) is 3.68. The smallest absolute Gasteiger partial charge is 0.416 e. The van der Waals surface area contributed by atoms with Crippen molar-refractivity contribution in [3.05, 3.63) is 71.3 Å². The molecule has 0 fully saturated rings. The van der Waals surface area contributed by atoms with E-state index in [0.717, 1.165) is 17.7 Å². The van der Waals surface area contributed by atoms with Gasteiger partial charge in [0.1, 0.15) is 5.75 Å². The molecule has 3 N–H and O–H groups in total. The van der Waals surface area contributed by atoms with Crippen molar-refractivity contribution in [2.45, 2.75) is 12.6 Å². The lowest BCUT2D eigenvalue weighted by molar-refractivity contribution is -0.137. The largest absolute Gasteiger partial charge is 0.484 e. The van der Waals surface area contributed by atoms with Crippen molar-refractivity contribution in [3.8, 4) is 5.75 Å². The van der Waals surface area contributed by atoms with E-state index in [2.05, 4.69) is 5.32 Å². The van der Waals surface area contributed by atoms with Gasteiger partial charge in [-0.15, -0.1) is 0 Å². The number of hydrogen-bond acceptors (Lipinski definition) is 3. The maximum Gasteiger partial charge on any atom is 0.416 e. The highest BCUT2D eigenvalue weighted by atomic mass is 19.4. The molecule has 0 bridgehead atoms. The van der Waals surface area contributed by atoms with Crippen molar-refractivity contribution < 1.29 is 27.5 Å². The predicted molar refractivity (Wildman–Crippen MR) is 98.3 cm³/mol. The second kappa shape index (κ2) is 9.59. The lowest BCUT2D eigenvalue weighted by atomic mass is 10.1. The second-order valence-corrected chi connectivity index (χ2v) is 5.89. The third-order valence-electron chi connectivity index (χ3n) is 3.68. The van der Waals surface area contributed by atoms with Gasteiger partial charge in [-0.05, 0) is 47.9 Å². The van der Waals surface area contributed by atoms with Crippen molar-refractivity contribution in [1.82, 2.24) is 5.32 Å². The summed E-state index contributed by atoms with van der Waals surface area (Å²) < 4.78 is 42.6. The molecule has 2 amide bonds. The monoisotopic (exact) mass is 392 g/mol. The minimum Gasteiger partial charge on any atom is -0.484 e. The Hall–Kier alpha value is -3.29. The molecule has 28 heavy (non-hydrogen) atoms. The van der Waals surface area contributed by atoms with Gasteiger partial charge in [0.25, 0.3) is 5.91 Å². The molecular weight excluding hydrogens is 373 g/mol. The average Bonchev–Trinajstić information content (AvgIpc) is 2.65. The molecule has 0 aromatic heterocycles. The number of alkyl halides is 3. The van der Waals surface area contributed by atoms with Crippen LogP contribution in [0.25, 0.3) is 6.08 Å². The van der Waals surface area contributed by atoms with Gasteiger partial charge in [0.2, 0.25) is 5.91 Å². The molecule has 0 aliphatic carbocycles. The molecule has 0 aliphatic rings. The van der Waals surface area contributed by atoms with Gasteiger partial charge in [-0.2, -0.15) is 13.2 Å². The number of benzene rings is 2. The van der Waals surface area contributed by atoms with E-state index in [1.165, 1.54) is 18.2 Å². The quantitative estimate of drug-likeness (QED) is 0.678. The van der Waals surface area contributed by atoms with Gasteiger partial charge in [0.05, 0.1) is 5.56 Å². The maximum atomic E-state index is 12.5. The Balaban J connectivity index is 1.76. The molecule has 0 spiro atoms. The SMILES string of the molecule is NC(=O)COc1ccc(/C=C/C(=O)NCCc2ccc(C(F)(F)F)cc2)cc1. The van der Waals surface area contributed by atoms with E-state index in [1.54, 1.807) is 30.3 Å². The Morgan fingerprint density at radius 1 is 1.04 bits per heavy atom. The maximum absolute atomic E-state index is 12.5. The van der Waals surface area contributed by atoms with Crippen LogP contribution in [-0.2, 0) is 22.2 Å². The minimum atomic E-state index is -4.36. The molecule has 2 rings (SSSR count). The summed E-state index contributed by atoms with van der Waals surface area (Å²) >= 11 is 0. The van der Waals surface area contributed by atoms with Gasteiger partial charge in [0.15, 0.2) is 6.61 Å². The zero-order valence-corrected chi connectivity index (χ0v) is 14.8. The highest BCUT2D eigenvalue weighted by Gasteiger charge is 2.29. The first-order chi connectivity index (χ1) is 13.2. The summed E-state index contributed by atoms with van der Waals surface area (Å²) in [6.45, 7) is 0.0883. The van der Waals surface area contributed by atoms with Gasteiger partial charge in [-0.25, -0.2) is 0 Å². The van der Waals surface area contributed by atoms with Crippen LogP contribution in [0.3, 0.4) is 0 Å². The number of carbonyl (C=O) groups excluding carboxylic acids is 2. The van der Waals surface area contributed by atoms with Crippen molar-refractivity contribution in [3.63, 3.8) is 0 Å². The van der Waals surface area contributed by atoms with E-state index >= 15 is 0 Å². The first-order valence-electron chi connectivity index (χ1n) is 8.37. The predicted octanol–water partition coefficient (Wildman–Crippen LogP) is 2.94. The highest BCUT2D eigenvalue weighted by molar-refractivity contribution is 5.91. The van der Waals surface area contributed by atoms with Crippen LogP contribution in [0.4, 0.5) is 13.2 Å². The van der Waals surface area contributed by atoms with E-state index in [9.17, 15) is 22.8 Å². The fourth-order valence-electron chi connectivity index (χ4n) is 2.25. The Kier molecular flexibility index (Phi) is 7.20. The van der Waals surface area contributed by atoms with Gasteiger partial charge < -0.3 is 15.8 Å². The summed E-state index contributed by atoms with van der Waals surface area (Å²) in [7, 11) is 0. The molecule has 5 nitrogen and oxygen atoms in total. The summed E-state index contributed by atoms with van der Waals surface area (Å²) in [4.78, 5) is 22.5. The summed E-state index contributed by atoms with van der Waals surface area (Å²) in [5.41, 5.74) is 5.74. The zero-order valence-electron chi connectivity index (χ0n) is 14.8. The summed E-state index contributed by atoms with van der Waals surface area (Å²) in [6, 6.07) is 11.5. The molecule has 2 aromatic rings. The van der Waals surface area contributed by atoms with E-state index in [-0.39, 0.29) is 12.5 Å². The number of ether oxygens (including phenoxy) is 1. The molecular formula is C20H19F3N2O3. The Labute approximate surface area is 160 Å². The number of hydrogen-bond donors (Lipinski definition) is 2. The summed E-state index contributed by atoms with van der Waals surface area (Å²) in [5, 5.41) is 2.67. The standard InChI is InChI=1S/C20H19F3N2O3/c21-20(22,23)16-6-1-15(2-7-16)11-12-25-19(27)10-5-14-3-8-17(9-4-14)28-13-18(24)26/h1-10H,11-13H2,(H2,24,26)(H,25,27)/b10-5+. The van der Waals surface area contributed by atoms with Gasteiger partial charge in [-0.1, -0.05) is 24.3 Å². The fraction of sp³-hybridized carbons (Fsp3) is 0.200. The van der Waals surface area contributed by atoms with Crippen molar-refractivity contribution >= 4 is 17.9 Å². The number of primary amides is 1. The van der Waals surface area contributed by atoms with Crippen molar-refractivity contribution in [2.75, 3.05) is 13.2 Å². The number of rotatable bonds is 8. The number of halogens is 3. The third kappa shape index (κ3) is 7.14. The minimum absolute atomic E-state index is 0.212. The Morgan fingerprint density at radius 2 is 1.68 bits per heavy atom. The zero-order chi connectivity index (χ0) is 20.6. The number of nitrogens with one attached hydrogen (secondary N) is 1. The molecule has 0 heterocycles. The number of nitrogens with two attached hydrogens (primary N) is 1. The fourth-order valence-corrected chi connectivity index (χ4v) is 2.25. The normalized spacial score (nSPS) is 11.4. The molecule has 0 atom stereocenters. The number of carbonyl (C=O) groups is 2. The van der Waals surface area contributed by atoms with Crippen LogP contribution < -0.4 is 15.8 Å².